The molecule has 0 atom stereocenters. The van der Waals surface area contributed by atoms with Crippen molar-refractivity contribution in [3.63, 3.8) is 0 Å². The zero-order valence-corrected chi connectivity index (χ0v) is 6.56. The summed E-state index contributed by atoms with van der Waals surface area (Å²) < 4.78 is 1.41. The maximum absolute atomic E-state index is 8.43. The van der Waals surface area contributed by atoms with Crippen LogP contribution in [0.3, 0.4) is 0 Å². The van der Waals surface area contributed by atoms with Crippen LogP contribution in [-0.4, -0.2) is 25.0 Å². The lowest BCUT2D eigenvalue weighted by Gasteiger charge is -1.86. The van der Waals surface area contributed by atoms with Gasteiger partial charge in [0.25, 0.3) is 5.82 Å². The summed E-state index contributed by atoms with van der Waals surface area (Å²) in [6.07, 6.45) is 1.43. The van der Waals surface area contributed by atoms with E-state index in [9.17, 15) is 0 Å². The molecule has 58 valence electrons. The van der Waals surface area contributed by atoms with Gasteiger partial charge in [0.05, 0.1) is 0 Å². The first-order valence-electron chi connectivity index (χ1n) is 2.98. The third-order valence-corrected chi connectivity index (χ3v) is 1.82. The molecule has 2 aromatic heterocycles. The lowest BCUT2D eigenvalue weighted by molar-refractivity contribution is 0.840. The molecule has 0 bridgehead atoms. The number of hydrogen-bond donors (Lipinski definition) is 0. The fourth-order valence-corrected chi connectivity index (χ4v) is 1.15. The van der Waals surface area contributed by atoms with Gasteiger partial charge in [0.2, 0.25) is 5.13 Å². The lowest BCUT2D eigenvalue weighted by Crippen LogP contribution is -1.93. The topological polar surface area (TPSA) is 80.3 Å². The second-order valence-electron chi connectivity index (χ2n) is 1.85. The van der Waals surface area contributed by atoms with Gasteiger partial charge in [-0.3, -0.25) is 0 Å². The van der Waals surface area contributed by atoms with Crippen molar-refractivity contribution in [2.75, 3.05) is 0 Å². The molecule has 0 fully saturated rings. The standard InChI is InChI=1S/C5H2N6S/c6-1-4-7-2-11(10-4)5-9-8-3-12-5/h2-3H. The Balaban J connectivity index is 2.44. The quantitative estimate of drug-likeness (QED) is 0.613. The molecule has 12 heavy (non-hydrogen) atoms. The lowest BCUT2D eigenvalue weighted by atomic mass is 10.7. The smallest absolute Gasteiger partial charge is 0.206 e. The molecule has 0 unspecified atom stereocenters. The van der Waals surface area contributed by atoms with Crippen molar-refractivity contribution in [2.24, 2.45) is 0 Å². The van der Waals surface area contributed by atoms with Crippen LogP contribution >= 0.6 is 11.3 Å². The molecule has 0 aliphatic heterocycles. The summed E-state index contributed by atoms with van der Waals surface area (Å²) in [5, 5.41) is 20.2. The number of rotatable bonds is 1. The van der Waals surface area contributed by atoms with Gasteiger partial charge in [-0.05, 0) is 0 Å². The Bertz CT molecular complexity index is 409. The summed E-state index contributed by atoms with van der Waals surface area (Å²) in [5.74, 6) is 0.130. The van der Waals surface area contributed by atoms with Crippen molar-refractivity contribution in [3.05, 3.63) is 17.7 Å². The highest BCUT2D eigenvalue weighted by atomic mass is 32.1. The first kappa shape index (κ1) is 6.87. The van der Waals surface area contributed by atoms with E-state index in [1.165, 1.54) is 22.3 Å². The van der Waals surface area contributed by atoms with E-state index in [0.29, 0.717) is 5.13 Å². The Hall–Kier alpha value is -1.81. The van der Waals surface area contributed by atoms with E-state index in [2.05, 4.69) is 20.3 Å². The second kappa shape index (κ2) is 2.67. The largest absolute Gasteiger partial charge is 0.252 e. The van der Waals surface area contributed by atoms with Gasteiger partial charge in [-0.1, -0.05) is 11.3 Å². The van der Waals surface area contributed by atoms with Crippen molar-refractivity contribution >= 4 is 11.3 Å². The number of hydrogen-bond acceptors (Lipinski definition) is 6. The maximum Gasteiger partial charge on any atom is 0.252 e. The molecule has 0 N–H and O–H groups in total. The van der Waals surface area contributed by atoms with Crippen LogP contribution in [0.1, 0.15) is 5.82 Å². The third-order valence-electron chi connectivity index (χ3n) is 1.14. The van der Waals surface area contributed by atoms with Crippen molar-refractivity contribution < 1.29 is 0 Å². The highest BCUT2D eigenvalue weighted by Crippen LogP contribution is 2.06. The van der Waals surface area contributed by atoms with Gasteiger partial charge >= 0.3 is 0 Å². The van der Waals surface area contributed by atoms with Crippen LogP contribution in [0.4, 0.5) is 0 Å². The van der Waals surface area contributed by atoms with Crippen LogP contribution in [0.25, 0.3) is 5.13 Å². The van der Waals surface area contributed by atoms with Crippen molar-refractivity contribution in [3.8, 4) is 11.2 Å². The molecular weight excluding hydrogens is 176 g/mol. The predicted octanol–water partition coefficient (Wildman–Crippen LogP) is -0.00952. The SMILES string of the molecule is N#Cc1ncn(-c2nncs2)n1. The Labute approximate surface area is 71.1 Å². The zero-order chi connectivity index (χ0) is 8.39. The Morgan fingerprint density at radius 3 is 3.08 bits per heavy atom. The van der Waals surface area contributed by atoms with Crippen molar-refractivity contribution in [1.82, 2.24) is 25.0 Å². The Morgan fingerprint density at radius 1 is 1.58 bits per heavy atom. The predicted molar refractivity (Wildman–Crippen MR) is 39.5 cm³/mol. The highest BCUT2D eigenvalue weighted by molar-refractivity contribution is 7.11. The summed E-state index contributed by atoms with van der Waals surface area (Å²) >= 11 is 1.33. The fourth-order valence-electron chi connectivity index (χ4n) is 0.674. The average molecular weight is 178 g/mol. The van der Waals surface area contributed by atoms with E-state index in [1.54, 1.807) is 5.51 Å². The minimum atomic E-state index is 0.130. The van der Waals surface area contributed by atoms with Crippen LogP contribution in [0.2, 0.25) is 0 Å². The highest BCUT2D eigenvalue weighted by Gasteiger charge is 2.03. The van der Waals surface area contributed by atoms with E-state index < -0.39 is 0 Å². The van der Waals surface area contributed by atoms with E-state index in [1.807, 2.05) is 6.07 Å². The first-order chi connectivity index (χ1) is 5.90. The summed E-state index contributed by atoms with van der Waals surface area (Å²) in [4.78, 5) is 3.72. The van der Waals surface area contributed by atoms with Gasteiger partial charge in [-0.2, -0.15) is 9.94 Å². The first-order valence-corrected chi connectivity index (χ1v) is 3.86. The monoisotopic (exact) mass is 178 g/mol. The minimum Gasteiger partial charge on any atom is -0.206 e. The van der Waals surface area contributed by atoms with Gasteiger partial charge in [0.1, 0.15) is 17.9 Å². The van der Waals surface area contributed by atoms with E-state index in [0.717, 1.165) is 0 Å². The summed E-state index contributed by atoms with van der Waals surface area (Å²) in [7, 11) is 0. The van der Waals surface area contributed by atoms with E-state index in [4.69, 9.17) is 5.26 Å². The van der Waals surface area contributed by atoms with Gasteiger partial charge in [-0.25, -0.2) is 4.98 Å². The van der Waals surface area contributed by atoms with Gasteiger partial charge in [0.15, 0.2) is 0 Å². The molecule has 2 aromatic rings. The molecule has 0 aromatic carbocycles. The average Bonchev–Trinajstić information content (AvgIpc) is 2.75. The molecule has 0 saturated heterocycles. The zero-order valence-electron chi connectivity index (χ0n) is 5.75. The Morgan fingerprint density at radius 2 is 2.50 bits per heavy atom. The molecule has 0 amide bonds. The molecule has 0 aliphatic carbocycles. The van der Waals surface area contributed by atoms with Crippen LogP contribution in [0, 0.1) is 11.3 Å². The summed E-state index contributed by atoms with van der Waals surface area (Å²) in [6, 6.07) is 1.82. The van der Waals surface area contributed by atoms with Gasteiger partial charge in [0, 0.05) is 0 Å². The van der Waals surface area contributed by atoms with Crippen LogP contribution < -0.4 is 0 Å². The molecule has 7 heteroatoms. The number of aromatic nitrogens is 5. The van der Waals surface area contributed by atoms with Gasteiger partial charge in [-0.15, -0.1) is 15.3 Å². The molecule has 0 saturated carbocycles. The fraction of sp³-hybridized carbons (Fsp3) is 0. The maximum atomic E-state index is 8.43. The van der Waals surface area contributed by atoms with Crippen LogP contribution in [-0.2, 0) is 0 Å². The molecule has 0 aliphatic rings. The molecular formula is C5H2N6S. The Kier molecular flexibility index (Phi) is 1.53. The number of nitrogens with zero attached hydrogens (tertiary/aromatic N) is 6. The van der Waals surface area contributed by atoms with E-state index in [-0.39, 0.29) is 5.82 Å². The second-order valence-corrected chi connectivity index (χ2v) is 2.66. The van der Waals surface area contributed by atoms with Crippen molar-refractivity contribution in [1.29, 1.82) is 5.26 Å². The minimum absolute atomic E-state index is 0.130. The van der Waals surface area contributed by atoms with Crippen LogP contribution in [0.5, 0.6) is 0 Å². The number of nitriles is 1. The molecule has 0 spiro atoms. The van der Waals surface area contributed by atoms with E-state index >= 15 is 0 Å². The molecule has 2 heterocycles. The summed E-state index contributed by atoms with van der Waals surface area (Å²) in [5.41, 5.74) is 1.59. The molecule has 2 rings (SSSR count). The van der Waals surface area contributed by atoms with Gasteiger partial charge < -0.3 is 0 Å². The normalized spacial score (nSPS) is 9.58. The third kappa shape index (κ3) is 1.04. The van der Waals surface area contributed by atoms with Crippen molar-refractivity contribution in [2.45, 2.75) is 0 Å². The summed E-state index contributed by atoms with van der Waals surface area (Å²) in [6.45, 7) is 0. The van der Waals surface area contributed by atoms with Crippen LogP contribution in [0.15, 0.2) is 11.8 Å². The molecule has 6 nitrogen and oxygen atoms in total. The molecule has 0 radical (unpaired) electrons.